The van der Waals surface area contributed by atoms with Gasteiger partial charge in [-0.3, -0.25) is 9.59 Å². The largest absolute Gasteiger partial charge is 0.416 e. The zero-order valence-corrected chi connectivity index (χ0v) is 23.9. The summed E-state index contributed by atoms with van der Waals surface area (Å²) in [5.41, 5.74) is -1.50. The lowest BCUT2D eigenvalue weighted by Crippen LogP contribution is -2.51. The smallest absolute Gasteiger partial charge is 0.352 e. The molecule has 4 N–H and O–H groups in total. The molecule has 1 fully saturated rings. The first-order valence-electron chi connectivity index (χ1n) is 13.8. The van der Waals surface area contributed by atoms with Crippen molar-refractivity contribution in [3.8, 4) is 0 Å². The van der Waals surface area contributed by atoms with Gasteiger partial charge in [0.1, 0.15) is 0 Å². The van der Waals surface area contributed by atoms with E-state index in [4.69, 9.17) is 0 Å². The quantitative estimate of drug-likeness (QED) is 0.303. The number of amides is 4. The third-order valence-corrected chi connectivity index (χ3v) is 7.29. The Labute approximate surface area is 229 Å². The Morgan fingerprint density at radius 3 is 2.38 bits per heavy atom. The molecule has 0 spiro atoms. The van der Waals surface area contributed by atoms with E-state index < -0.39 is 29.6 Å². The van der Waals surface area contributed by atoms with Crippen LogP contribution in [-0.4, -0.2) is 60.5 Å². The molecule has 0 aromatic heterocycles. The van der Waals surface area contributed by atoms with Crippen LogP contribution in [-0.2, 0) is 11.0 Å². The number of anilines is 1. The molecule has 2 rings (SSSR count). The Morgan fingerprint density at radius 1 is 1.10 bits per heavy atom. The molecule has 0 saturated heterocycles. The predicted molar refractivity (Wildman–Crippen MR) is 147 cm³/mol. The number of urea groups is 1. The zero-order valence-electron chi connectivity index (χ0n) is 23.9. The van der Waals surface area contributed by atoms with Crippen molar-refractivity contribution >= 4 is 23.5 Å². The Hall–Kier alpha value is -2.82. The predicted octanol–water partition coefficient (Wildman–Crippen LogP) is 5.15. The van der Waals surface area contributed by atoms with Gasteiger partial charge in [-0.05, 0) is 84.5 Å². The lowest BCUT2D eigenvalue weighted by atomic mass is 9.78. The fourth-order valence-corrected chi connectivity index (χ4v) is 4.96. The van der Waals surface area contributed by atoms with Gasteiger partial charge in [0.05, 0.1) is 23.4 Å². The van der Waals surface area contributed by atoms with Gasteiger partial charge in [-0.25, -0.2) is 4.79 Å². The summed E-state index contributed by atoms with van der Waals surface area (Å²) in [6.07, 6.45) is 1.18. The van der Waals surface area contributed by atoms with E-state index in [1.54, 1.807) is 13.8 Å². The number of nitrogens with one attached hydrogen (secondary N) is 4. The third kappa shape index (κ3) is 10.0. The van der Waals surface area contributed by atoms with Crippen molar-refractivity contribution in [3.05, 3.63) is 29.3 Å². The van der Waals surface area contributed by atoms with Crippen molar-refractivity contribution in [1.29, 1.82) is 0 Å². The van der Waals surface area contributed by atoms with E-state index in [9.17, 15) is 27.6 Å². The minimum absolute atomic E-state index is 0.0247. The molecule has 0 heterocycles. The number of hydrogen-bond donors (Lipinski definition) is 4. The average Bonchev–Trinajstić information content (AvgIpc) is 2.85. The van der Waals surface area contributed by atoms with Crippen LogP contribution in [0.4, 0.5) is 23.7 Å². The first kappa shape index (κ1) is 32.4. The molecular formula is C28H44F3N5O3. The summed E-state index contributed by atoms with van der Waals surface area (Å²) in [6.45, 7) is 9.52. The number of carbonyl (C=O) groups excluding carboxylic acids is 3. The maximum Gasteiger partial charge on any atom is 0.416 e. The number of benzene rings is 1. The molecule has 0 bridgehead atoms. The van der Waals surface area contributed by atoms with Gasteiger partial charge in [-0.2, -0.15) is 13.2 Å². The summed E-state index contributed by atoms with van der Waals surface area (Å²) >= 11 is 0. The molecule has 1 aromatic carbocycles. The number of nitrogens with zero attached hydrogens (tertiary/aromatic N) is 1. The lowest BCUT2D eigenvalue weighted by molar-refractivity contribution is -0.137. The van der Waals surface area contributed by atoms with Crippen LogP contribution < -0.4 is 21.3 Å². The summed E-state index contributed by atoms with van der Waals surface area (Å²) in [6, 6.07) is 2.46. The average molecular weight is 556 g/mol. The number of halogens is 3. The van der Waals surface area contributed by atoms with Gasteiger partial charge in [-0.15, -0.1) is 0 Å². The molecule has 1 aliphatic carbocycles. The molecule has 0 aliphatic heterocycles. The van der Waals surface area contributed by atoms with Crippen LogP contribution in [0.25, 0.3) is 0 Å². The molecule has 3 atom stereocenters. The number of rotatable bonds is 11. The highest BCUT2D eigenvalue weighted by Gasteiger charge is 2.34. The van der Waals surface area contributed by atoms with E-state index >= 15 is 0 Å². The van der Waals surface area contributed by atoms with E-state index in [1.165, 1.54) is 0 Å². The summed E-state index contributed by atoms with van der Waals surface area (Å²) in [7, 11) is 2.13. The van der Waals surface area contributed by atoms with Crippen LogP contribution in [0.5, 0.6) is 0 Å². The summed E-state index contributed by atoms with van der Waals surface area (Å²) in [5, 5.41) is 10.4. The molecule has 0 radical (unpaired) electrons. The van der Waals surface area contributed by atoms with Crippen molar-refractivity contribution in [1.82, 2.24) is 20.9 Å². The van der Waals surface area contributed by atoms with Crippen LogP contribution >= 0.6 is 0 Å². The van der Waals surface area contributed by atoms with Crippen LogP contribution in [0.1, 0.15) is 89.1 Å². The van der Waals surface area contributed by atoms with Crippen LogP contribution in [0.3, 0.4) is 0 Å². The van der Waals surface area contributed by atoms with Crippen LogP contribution in [0.15, 0.2) is 18.2 Å². The zero-order chi connectivity index (χ0) is 29.3. The van der Waals surface area contributed by atoms with Crippen molar-refractivity contribution < 1.29 is 27.6 Å². The van der Waals surface area contributed by atoms with Gasteiger partial charge in [0.2, 0.25) is 5.91 Å². The Kier molecular flexibility index (Phi) is 12.1. The molecular weight excluding hydrogens is 511 g/mol. The second-order valence-corrected chi connectivity index (χ2v) is 11.0. The second kappa shape index (κ2) is 14.5. The number of unbranched alkanes of at least 4 members (excludes halogenated alkanes) is 1. The first-order valence-corrected chi connectivity index (χ1v) is 13.8. The maximum absolute atomic E-state index is 13.3. The van der Waals surface area contributed by atoms with E-state index in [-0.39, 0.29) is 29.9 Å². The van der Waals surface area contributed by atoms with E-state index in [2.05, 4.69) is 54.0 Å². The third-order valence-electron chi connectivity index (χ3n) is 7.29. The SMILES string of the molecule is CCCCC1CC(N(C)C(C)C)CCC1NC(=O)CNC(=O)c1cc(C(F)(F)F)ccc1NC(=O)NC(C)C. The summed E-state index contributed by atoms with van der Waals surface area (Å²) in [4.78, 5) is 40.2. The van der Waals surface area contributed by atoms with Crippen molar-refractivity contribution in [2.24, 2.45) is 5.92 Å². The first-order chi connectivity index (χ1) is 18.2. The minimum Gasteiger partial charge on any atom is -0.352 e. The minimum atomic E-state index is -4.68. The molecule has 3 unspecified atom stereocenters. The van der Waals surface area contributed by atoms with E-state index in [0.29, 0.717) is 24.1 Å². The maximum atomic E-state index is 13.3. The molecule has 4 amide bonds. The highest BCUT2D eigenvalue weighted by molar-refractivity contribution is 6.04. The van der Waals surface area contributed by atoms with Gasteiger partial charge in [-0.1, -0.05) is 19.8 Å². The van der Waals surface area contributed by atoms with Crippen molar-refractivity contribution in [2.45, 2.75) is 103 Å². The fourth-order valence-electron chi connectivity index (χ4n) is 4.96. The Bertz CT molecular complexity index is 984. The normalized spacial score (nSPS) is 19.7. The molecule has 11 heteroatoms. The van der Waals surface area contributed by atoms with Gasteiger partial charge in [0.15, 0.2) is 0 Å². The standard InChI is InChI=1S/C28H44F3N5O3/c1-7-8-9-19-14-21(36(6)18(4)5)11-13-23(19)34-25(37)16-32-26(38)22-15-20(28(29,30)31)10-12-24(22)35-27(39)33-17(2)3/h10,12,15,17-19,21,23H,7-9,11,13-14,16H2,1-6H3,(H,32,38)(H,34,37)(H2,33,35,39). The van der Waals surface area contributed by atoms with Gasteiger partial charge >= 0.3 is 12.2 Å². The number of alkyl halides is 3. The summed E-state index contributed by atoms with van der Waals surface area (Å²) in [5.74, 6) is -0.978. The van der Waals surface area contributed by atoms with E-state index in [0.717, 1.165) is 50.7 Å². The molecule has 1 aromatic rings. The molecule has 1 aliphatic rings. The van der Waals surface area contributed by atoms with Crippen molar-refractivity contribution in [2.75, 3.05) is 18.9 Å². The highest BCUT2D eigenvalue weighted by Crippen LogP contribution is 2.33. The summed E-state index contributed by atoms with van der Waals surface area (Å²) < 4.78 is 40.0. The Morgan fingerprint density at radius 2 is 1.79 bits per heavy atom. The van der Waals surface area contributed by atoms with Gasteiger partial charge in [0.25, 0.3) is 5.91 Å². The van der Waals surface area contributed by atoms with E-state index in [1.807, 2.05) is 0 Å². The number of hydrogen-bond acceptors (Lipinski definition) is 4. The molecule has 220 valence electrons. The number of carbonyl (C=O) groups is 3. The molecule has 8 nitrogen and oxygen atoms in total. The lowest BCUT2D eigenvalue weighted by Gasteiger charge is -2.42. The van der Waals surface area contributed by atoms with Crippen LogP contribution in [0.2, 0.25) is 0 Å². The second-order valence-electron chi connectivity index (χ2n) is 11.0. The molecule has 39 heavy (non-hydrogen) atoms. The monoisotopic (exact) mass is 555 g/mol. The Balaban J connectivity index is 2.09. The topological polar surface area (TPSA) is 103 Å². The van der Waals surface area contributed by atoms with Crippen molar-refractivity contribution in [3.63, 3.8) is 0 Å². The highest BCUT2D eigenvalue weighted by atomic mass is 19.4. The van der Waals surface area contributed by atoms with Gasteiger partial charge < -0.3 is 26.2 Å². The van der Waals surface area contributed by atoms with Crippen LogP contribution in [0, 0.1) is 5.92 Å². The molecule has 1 saturated carbocycles. The van der Waals surface area contributed by atoms with Gasteiger partial charge in [0, 0.05) is 24.2 Å². The fraction of sp³-hybridized carbons (Fsp3) is 0.679.